The number of nitrogens with one attached hydrogen (secondary N) is 2. The first-order valence-corrected chi connectivity index (χ1v) is 7.36. The minimum Gasteiger partial charge on any atom is -0.507 e. The molecule has 1 aliphatic heterocycles. The fourth-order valence-corrected chi connectivity index (χ4v) is 2.88. The number of phenolic OH excluding ortho intramolecular Hbond substituents is 1. The number of fused-ring (bicyclic) bond motifs is 1. The molecule has 0 spiro atoms. The third-order valence-electron chi connectivity index (χ3n) is 4.03. The summed E-state index contributed by atoms with van der Waals surface area (Å²) in [6.07, 6.45) is 5.21. The number of benzene rings is 1. The highest BCUT2D eigenvalue weighted by Gasteiger charge is 2.14. The van der Waals surface area contributed by atoms with Gasteiger partial charge in [-0.25, -0.2) is 0 Å². The second kappa shape index (κ2) is 5.27. The molecular weight excluding hydrogens is 276 g/mol. The largest absolute Gasteiger partial charge is 0.507 e. The molecular formula is C17H16N4O. The van der Waals surface area contributed by atoms with Crippen LogP contribution in [-0.4, -0.2) is 33.4 Å². The Hall–Kier alpha value is -2.66. The van der Waals surface area contributed by atoms with Crippen molar-refractivity contribution in [1.82, 2.24) is 20.5 Å². The Morgan fingerprint density at radius 2 is 2.00 bits per heavy atom. The normalized spacial score (nSPS) is 15.0. The van der Waals surface area contributed by atoms with E-state index < -0.39 is 0 Å². The smallest absolute Gasteiger partial charge is 0.160 e. The summed E-state index contributed by atoms with van der Waals surface area (Å²) in [5, 5.41) is 22.9. The van der Waals surface area contributed by atoms with E-state index in [4.69, 9.17) is 0 Å². The molecule has 0 saturated heterocycles. The Bertz CT molecular complexity index is 866. The number of aromatic nitrogens is 3. The zero-order chi connectivity index (χ0) is 14.9. The van der Waals surface area contributed by atoms with Gasteiger partial charge in [0, 0.05) is 29.3 Å². The molecule has 3 N–H and O–H groups in total. The highest BCUT2D eigenvalue weighted by atomic mass is 16.3. The number of aromatic amines is 1. The summed E-state index contributed by atoms with van der Waals surface area (Å²) in [4.78, 5) is 3.18. The van der Waals surface area contributed by atoms with Crippen LogP contribution in [-0.2, 0) is 0 Å². The summed E-state index contributed by atoms with van der Waals surface area (Å²) >= 11 is 0. The molecule has 0 saturated carbocycles. The Balaban J connectivity index is 1.86. The Labute approximate surface area is 127 Å². The van der Waals surface area contributed by atoms with Crippen LogP contribution in [0.1, 0.15) is 12.0 Å². The number of para-hydroxylation sites is 1. The quantitative estimate of drug-likeness (QED) is 0.679. The highest BCUT2D eigenvalue weighted by Crippen LogP contribution is 2.32. The number of phenols is 1. The van der Waals surface area contributed by atoms with Gasteiger partial charge >= 0.3 is 0 Å². The van der Waals surface area contributed by atoms with Crippen LogP contribution in [0.2, 0.25) is 0 Å². The van der Waals surface area contributed by atoms with Gasteiger partial charge in [-0.15, -0.1) is 10.2 Å². The van der Waals surface area contributed by atoms with Crippen LogP contribution >= 0.6 is 0 Å². The first-order chi connectivity index (χ1) is 10.8. The molecule has 5 heteroatoms. The molecule has 22 heavy (non-hydrogen) atoms. The number of rotatable bonds is 2. The molecule has 0 aliphatic carbocycles. The summed E-state index contributed by atoms with van der Waals surface area (Å²) in [6.45, 7) is 1.89. The Morgan fingerprint density at radius 1 is 1.09 bits per heavy atom. The molecule has 1 aliphatic rings. The van der Waals surface area contributed by atoms with Crippen molar-refractivity contribution >= 4 is 16.6 Å². The van der Waals surface area contributed by atoms with E-state index >= 15 is 0 Å². The van der Waals surface area contributed by atoms with Gasteiger partial charge in [0.1, 0.15) is 5.75 Å². The molecule has 0 atom stereocenters. The van der Waals surface area contributed by atoms with Crippen LogP contribution in [0.5, 0.6) is 5.75 Å². The number of H-pyrrole nitrogens is 1. The zero-order valence-corrected chi connectivity index (χ0v) is 12.0. The lowest BCUT2D eigenvalue weighted by Gasteiger charge is -2.13. The van der Waals surface area contributed by atoms with Crippen LogP contribution < -0.4 is 5.32 Å². The Kier molecular flexibility index (Phi) is 3.12. The predicted molar refractivity (Wildman–Crippen MR) is 86.5 cm³/mol. The van der Waals surface area contributed by atoms with Crippen LogP contribution in [0.15, 0.2) is 42.6 Å². The number of hydrogen-bond acceptors (Lipinski definition) is 4. The van der Waals surface area contributed by atoms with Gasteiger partial charge in [0.15, 0.2) is 5.65 Å². The van der Waals surface area contributed by atoms with Crippen molar-refractivity contribution in [3.63, 3.8) is 0 Å². The summed E-state index contributed by atoms with van der Waals surface area (Å²) in [5.41, 5.74) is 4.64. The summed E-state index contributed by atoms with van der Waals surface area (Å²) < 4.78 is 0. The molecule has 0 amide bonds. The minimum absolute atomic E-state index is 0.217. The van der Waals surface area contributed by atoms with Gasteiger partial charge in [-0.2, -0.15) is 0 Å². The molecule has 0 radical (unpaired) electrons. The van der Waals surface area contributed by atoms with E-state index in [9.17, 15) is 5.11 Å². The second-order valence-electron chi connectivity index (χ2n) is 5.39. The van der Waals surface area contributed by atoms with E-state index in [-0.39, 0.29) is 5.75 Å². The second-order valence-corrected chi connectivity index (χ2v) is 5.39. The number of aromatic hydroxyl groups is 1. The van der Waals surface area contributed by atoms with Crippen LogP contribution in [0.3, 0.4) is 0 Å². The average Bonchev–Trinajstić information content (AvgIpc) is 2.99. The molecule has 5 nitrogen and oxygen atoms in total. The lowest BCUT2D eigenvalue weighted by atomic mass is 10.00. The topological polar surface area (TPSA) is 73.8 Å². The van der Waals surface area contributed by atoms with E-state index in [1.54, 1.807) is 12.1 Å². The van der Waals surface area contributed by atoms with Crippen molar-refractivity contribution in [2.75, 3.05) is 13.1 Å². The van der Waals surface area contributed by atoms with Crippen LogP contribution in [0, 0.1) is 0 Å². The molecule has 1 aromatic carbocycles. The van der Waals surface area contributed by atoms with Crippen LogP contribution in [0.4, 0.5) is 0 Å². The van der Waals surface area contributed by atoms with E-state index in [1.807, 2.05) is 24.4 Å². The number of nitrogens with zero attached hydrogens (tertiary/aromatic N) is 2. The lowest BCUT2D eigenvalue weighted by molar-refractivity contribution is 0.477. The maximum absolute atomic E-state index is 10.0. The fraction of sp³-hybridized carbons (Fsp3) is 0.176. The van der Waals surface area contributed by atoms with Gasteiger partial charge in [0.05, 0.1) is 5.69 Å². The molecule has 3 aromatic rings. The van der Waals surface area contributed by atoms with E-state index in [1.165, 1.54) is 11.1 Å². The van der Waals surface area contributed by atoms with Gasteiger partial charge in [0.2, 0.25) is 0 Å². The third-order valence-corrected chi connectivity index (χ3v) is 4.03. The van der Waals surface area contributed by atoms with Gasteiger partial charge in [-0.3, -0.25) is 0 Å². The van der Waals surface area contributed by atoms with E-state index in [0.29, 0.717) is 11.3 Å². The standard InChI is InChI=1S/C17H16N4O/c22-16-4-2-1-3-12(16)15-9-13-14(10-19-17(13)21-20-15)11-5-7-18-8-6-11/h1-5,9-10,18,22H,6-8H2,(H,19,21). The summed E-state index contributed by atoms with van der Waals surface area (Å²) in [5.74, 6) is 0.217. The molecule has 3 heterocycles. The van der Waals surface area contributed by atoms with Crippen molar-refractivity contribution < 1.29 is 5.11 Å². The van der Waals surface area contributed by atoms with E-state index in [2.05, 4.69) is 26.6 Å². The van der Waals surface area contributed by atoms with Crippen molar-refractivity contribution in [2.45, 2.75) is 6.42 Å². The van der Waals surface area contributed by atoms with Crippen molar-refractivity contribution in [1.29, 1.82) is 0 Å². The lowest BCUT2D eigenvalue weighted by Crippen LogP contribution is -2.19. The third kappa shape index (κ3) is 2.16. The molecule has 0 fully saturated rings. The summed E-state index contributed by atoms with van der Waals surface area (Å²) in [7, 11) is 0. The maximum Gasteiger partial charge on any atom is 0.160 e. The molecule has 2 aromatic heterocycles. The van der Waals surface area contributed by atoms with Gasteiger partial charge in [0.25, 0.3) is 0 Å². The minimum atomic E-state index is 0.217. The average molecular weight is 292 g/mol. The fourth-order valence-electron chi connectivity index (χ4n) is 2.88. The predicted octanol–water partition coefficient (Wildman–Crippen LogP) is 2.71. The van der Waals surface area contributed by atoms with Crippen molar-refractivity contribution in [2.24, 2.45) is 0 Å². The number of hydrogen-bond donors (Lipinski definition) is 3. The first-order valence-electron chi connectivity index (χ1n) is 7.36. The van der Waals surface area contributed by atoms with Crippen molar-refractivity contribution in [3.05, 3.63) is 48.2 Å². The molecule has 4 rings (SSSR count). The summed E-state index contributed by atoms with van der Waals surface area (Å²) in [6, 6.07) is 9.18. The van der Waals surface area contributed by atoms with Gasteiger partial charge < -0.3 is 15.4 Å². The SMILES string of the molecule is Oc1ccccc1-c1cc2c(C3=CCNCC3)c[nH]c2nn1. The van der Waals surface area contributed by atoms with E-state index in [0.717, 1.165) is 30.5 Å². The van der Waals surface area contributed by atoms with Gasteiger partial charge in [-0.05, 0) is 36.7 Å². The van der Waals surface area contributed by atoms with Gasteiger partial charge in [-0.1, -0.05) is 18.2 Å². The maximum atomic E-state index is 10.0. The van der Waals surface area contributed by atoms with Crippen LogP contribution in [0.25, 0.3) is 27.9 Å². The zero-order valence-electron chi connectivity index (χ0n) is 12.0. The van der Waals surface area contributed by atoms with Crippen molar-refractivity contribution in [3.8, 4) is 17.0 Å². The monoisotopic (exact) mass is 292 g/mol. The molecule has 110 valence electrons. The highest BCUT2D eigenvalue weighted by molar-refractivity contribution is 5.92. The Morgan fingerprint density at radius 3 is 2.82 bits per heavy atom. The molecule has 0 unspecified atom stereocenters. The molecule has 0 bridgehead atoms. The first kappa shape index (κ1) is 13.0.